The normalized spacial score (nSPS) is 10.8. The van der Waals surface area contributed by atoms with Crippen LogP contribution >= 0.6 is 0 Å². The van der Waals surface area contributed by atoms with Crippen LogP contribution in [0.1, 0.15) is 5.56 Å². The van der Waals surface area contributed by atoms with Crippen molar-refractivity contribution in [2.75, 3.05) is 7.05 Å². The van der Waals surface area contributed by atoms with Gasteiger partial charge in [-0.3, -0.25) is 14.9 Å². The summed E-state index contributed by atoms with van der Waals surface area (Å²) in [5, 5.41) is 20.9. The largest absolute Gasteiger partial charge is 0.508 e. The highest BCUT2D eigenvalue weighted by molar-refractivity contribution is 5.85. The number of phenols is 1. The zero-order valence-corrected chi connectivity index (χ0v) is 13.6. The maximum Gasteiger partial charge on any atom is 0.270 e. The molecule has 0 aliphatic heterocycles. The lowest BCUT2D eigenvalue weighted by atomic mass is 10.2. The van der Waals surface area contributed by atoms with Gasteiger partial charge in [-0.1, -0.05) is 12.1 Å². The van der Waals surface area contributed by atoms with Crippen LogP contribution in [0.5, 0.6) is 5.75 Å². The number of rotatable bonds is 5. The van der Waals surface area contributed by atoms with Gasteiger partial charge in [0.15, 0.2) is 0 Å². The van der Waals surface area contributed by atoms with Crippen molar-refractivity contribution in [2.45, 2.75) is 13.1 Å². The first-order chi connectivity index (χ1) is 11.9. The van der Waals surface area contributed by atoms with Gasteiger partial charge in [-0.15, -0.1) is 0 Å². The number of aromatic nitrogens is 1. The maximum atomic E-state index is 12.4. The molecular formula is C18H17N3O4. The van der Waals surface area contributed by atoms with E-state index in [2.05, 4.69) is 0 Å². The lowest BCUT2D eigenvalue weighted by Gasteiger charge is -2.18. The van der Waals surface area contributed by atoms with E-state index in [0.29, 0.717) is 6.54 Å². The second-order valence-electron chi connectivity index (χ2n) is 5.86. The fourth-order valence-electron chi connectivity index (χ4n) is 2.67. The molecule has 7 nitrogen and oxygen atoms in total. The summed E-state index contributed by atoms with van der Waals surface area (Å²) in [4.78, 5) is 24.4. The van der Waals surface area contributed by atoms with Crippen molar-refractivity contribution in [2.24, 2.45) is 0 Å². The van der Waals surface area contributed by atoms with Crippen LogP contribution in [0, 0.1) is 10.1 Å². The molecule has 0 saturated heterocycles. The number of nitro benzene ring substituents is 1. The molecule has 3 rings (SSSR count). The van der Waals surface area contributed by atoms with Crippen molar-refractivity contribution in [3.63, 3.8) is 0 Å². The average Bonchev–Trinajstić information content (AvgIpc) is 2.99. The average molecular weight is 339 g/mol. The van der Waals surface area contributed by atoms with Crippen LogP contribution in [-0.2, 0) is 17.9 Å². The number of amides is 1. The molecule has 0 bridgehead atoms. The molecule has 0 atom stereocenters. The molecule has 0 unspecified atom stereocenters. The number of hydrogen-bond donors (Lipinski definition) is 1. The lowest BCUT2D eigenvalue weighted by molar-refractivity contribution is -0.384. The molecule has 128 valence electrons. The van der Waals surface area contributed by atoms with Crippen LogP contribution in [-0.4, -0.2) is 32.5 Å². The minimum atomic E-state index is -0.437. The Bertz CT molecular complexity index is 931. The summed E-state index contributed by atoms with van der Waals surface area (Å²) in [6.07, 6.45) is 1.75. The van der Waals surface area contributed by atoms with E-state index in [1.54, 1.807) is 59.1 Å². The lowest BCUT2D eigenvalue weighted by Crippen LogP contribution is -2.29. The van der Waals surface area contributed by atoms with E-state index in [9.17, 15) is 20.0 Å². The van der Waals surface area contributed by atoms with E-state index in [4.69, 9.17) is 0 Å². The molecule has 1 amide bonds. The van der Waals surface area contributed by atoms with E-state index in [1.165, 1.54) is 12.1 Å². The van der Waals surface area contributed by atoms with Gasteiger partial charge in [-0.2, -0.15) is 0 Å². The Kier molecular flexibility index (Phi) is 4.38. The number of non-ortho nitro benzene ring substituents is 1. The molecule has 0 aliphatic carbocycles. The van der Waals surface area contributed by atoms with Gasteiger partial charge in [-0.25, -0.2) is 0 Å². The van der Waals surface area contributed by atoms with Gasteiger partial charge in [0, 0.05) is 42.8 Å². The molecule has 1 aromatic heterocycles. The van der Waals surface area contributed by atoms with Gasteiger partial charge >= 0.3 is 0 Å². The third kappa shape index (κ3) is 3.60. The van der Waals surface area contributed by atoms with Crippen molar-refractivity contribution < 1.29 is 14.8 Å². The van der Waals surface area contributed by atoms with Crippen LogP contribution in [0.15, 0.2) is 54.7 Å². The number of aromatic hydroxyl groups is 1. The Morgan fingerprint density at radius 1 is 1.20 bits per heavy atom. The third-order valence-electron chi connectivity index (χ3n) is 4.05. The summed E-state index contributed by atoms with van der Waals surface area (Å²) in [7, 11) is 1.71. The Hall–Kier alpha value is -3.35. The van der Waals surface area contributed by atoms with E-state index in [0.717, 1.165) is 16.5 Å². The zero-order chi connectivity index (χ0) is 18.0. The minimum absolute atomic E-state index is 0.0287. The third-order valence-corrected chi connectivity index (χ3v) is 4.05. The van der Waals surface area contributed by atoms with Crippen molar-refractivity contribution in [1.82, 2.24) is 9.47 Å². The second-order valence-corrected chi connectivity index (χ2v) is 5.86. The van der Waals surface area contributed by atoms with Crippen LogP contribution in [0.2, 0.25) is 0 Å². The molecule has 0 aliphatic rings. The fraction of sp³-hybridized carbons (Fsp3) is 0.167. The smallest absolute Gasteiger partial charge is 0.270 e. The fourth-order valence-corrected chi connectivity index (χ4v) is 2.67. The standard InChI is InChI=1S/C18H17N3O4/c1-19(11-13-2-5-16(22)6-3-13)18(23)12-20-9-8-14-10-15(21(24)25)4-7-17(14)20/h2-10,22H,11-12H2,1H3. The van der Waals surface area contributed by atoms with E-state index < -0.39 is 4.92 Å². The topological polar surface area (TPSA) is 88.6 Å². The van der Waals surface area contributed by atoms with Crippen LogP contribution < -0.4 is 0 Å². The molecule has 2 aromatic carbocycles. The summed E-state index contributed by atoms with van der Waals surface area (Å²) in [5.41, 5.74) is 1.72. The SMILES string of the molecule is CN(Cc1ccc(O)cc1)C(=O)Cn1ccc2cc([N+](=O)[O-])ccc21. The summed E-state index contributed by atoms with van der Waals surface area (Å²) in [5.74, 6) is 0.106. The summed E-state index contributed by atoms with van der Waals surface area (Å²) in [6, 6.07) is 13.0. The number of fused-ring (bicyclic) bond motifs is 1. The molecule has 25 heavy (non-hydrogen) atoms. The molecule has 1 N–H and O–H groups in total. The van der Waals surface area contributed by atoms with E-state index >= 15 is 0 Å². The number of likely N-dealkylation sites (N-methyl/N-ethyl adjacent to an activating group) is 1. The first-order valence-electron chi connectivity index (χ1n) is 7.69. The van der Waals surface area contributed by atoms with Crippen LogP contribution in [0.25, 0.3) is 10.9 Å². The Morgan fingerprint density at radius 3 is 2.60 bits per heavy atom. The summed E-state index contributed by atoms with van der Waals surface area (Å²) in [6.45, 7) is 0.583. The molecule has 0 fully saturated rings. The minimum Gasteiger partial charge on any atom is -0.508 e. The van der Waals surface area contributed by atoms with Gasteiger partial charge in [0.1, 0.15) is 12.3 Å². The molecule has 7 heteroatoms. The van der Waals surface area contributed by atoms with Gasteiger partial charge in [0.05, 0.1) is 4.92 Å². The summed E-state index contributed by atoms with van der Waals surface area (Å²) < 4.78 is 1.77. The Balaban J connectivity index is 1.72. The van der Waals surface area contributed by atoms with E-state index in [1.807, 2.05) is 0 Å². The number of carbonyl (C=O) groups is 1. The molecule has 0 saturated carbocycles. The maximum absolute atomic E-state index is 12.4. The highest BCUT2D eigenvalue weighted by atomic mass is 16.6. The first-order valence-corrected chi connectivity index (χ1v) is 7.69. The molecular weight excluding hydrogens is 322 g/mol. The van der Waals surface area contributed by atoms with Crippen molar-refractivity contribution >= 4 is 22.5 Å². The van der Waals surface area contributed by atoms with Crippen molar-refractivity contribution in [3.05, 3.63) is 70.4 Å². The Morgan fingerprint density at radius 2 is 1.92 bits per heavy atom. The van der Waals surface area contributed by atoms with Crippen molar-refractivity contribution in [1.29, 1.82) is 0 Å². The molecule has 1 heterocycles. The van der Waals surface area contributed by atoms with Gasteiger partial charge in [0.2, 0.25) is 5.91 Å². The number of nitro groups is 1. The number of phenolic OH excluding ortho intramolecular Hbond substituents is 1. The highest BCUT2D eigenvalue weighted by Crippen LogP contribution is 2.22. The van der Waals surface area contributed by atoms with Gasteiger partial charge in [0.25, 0.3) is 5.69 Å². The van der Waals surface area contributed by atoms with Crippen molar-refractivity contribution in [3.8, 4) is 5.75 Å². The predicted octanol–water partition coefficient (Wildman–Crippen LogP) is 2.91. The number of benzene rings is 2. The second kappa shape index (κ2) is 6.64. The summed E-state index contributed by atoms with van der Waals surface area (Å²) >= 11 is 0. The molecule has 3 aromatic rings. The van der Waals surface area contributed by atoms with Crippen LogP contribution in [0.3, 0.4) is 0 Å². The Labute approximate surface area is 143 Å². The number of hydrogen-bond acceptors (Lipinski definition) is 4. The monoisotopic (exact) mass is 339 g/mol. The zero-order valence-electron chi connectivity index (χ0n) is 13.6. The van der Waals surface area contributed by atoms with E-state index in [-0.39, 0.29) is 23.9 Å². The van der Waals surface area contributed by atoms with Crippen LogP contribution in [0.4, 0.5) is 5.69 Å². The number of carbonyl (C=O) groups excluding carboxylic acids is 1. The molecule has 0 radical (unpaired) electrons. The highest BCUT2D eigenvalue weighted by Gasteiger charge is 2.13. The van der Waals surface area contributed by atoms with Gasteiger partial charge < -0.3 is 14.6 Å². The predicted molar refractivity (Wildman–Crippen MR) is 93.2 cm³/mol. The number of nitrogens with zero attached hydrogens (tertiary/aromatic N) is 3. The van der Waals surface area contributed by atoms with Gasteiger partial charge in [-0.05, 0) is 29.8 Å². The molecule has 0 spiro atoms. The first kappa shape index (κ1) is 16.5. The quantitative estimate of drug-likeness (QED) is 0.572.